The zero-order valence-electron chi connectivity index (χ0n) is 13.4. The van der Waals surface area contributed by atoms with E-state index in [4.69, 9.17) is 0 Å². The Bertz CT molecular complexity index is 544. The predicted octanol–water partition coefficient (Wildman–Crippen LogP) is 2.34. The minimum Gasteiger partial charge on any atom is -0.342 e. The summed E-state index contributed by atoms with van der Waals surface area (Å²) in [5.74, 6) is -0.117. The number of hydrogen-bond acceptors (Lipinski definition) is 2. The summed E-state index contributed by atoms with van der Waals surface area (Å²) in [6.07, 6.45) is 0. The van der Waals surface area contributed by atoms with Crippen LogP contribution >= 0.6 is 0 Å². The van der Waals surface area contributed by atoms with Gasteiger partial charge in [0.05, 0.1) is 0 Å². The minimum absolute atomic E-state index is 0.0176. The van der Waals surface area contributed by atoms with Crippen LogP contribution in [0.3, 0.4) is 0 Å². The lowest BCUT2D eigenvalue weighted by molar-refractivity contribution is -0.159. The van der Waals surface area contributed by atoms with E-state index in [1.54, 1.807) is 18.7 Å². The summed E-state index contributed by atoms with van der Waals surface area (Å²) in [4.78, 5) is 27.0. The first-order chi connectivity index (χ1) is 9.64. The average molecular weight is 288 g/mol. The molecule has 21 heavy (non-hydrogen) atoms. The van der Waals surface area contributed by atoms with Crippen molar-refractivity contribution >= 4 is 11.8 Å². The van der Waals surface area contributed by atoms with Gasteiger partial charge in [-0.3, -0.25) is 9.59 Å². The summed E-state index contributed by atoms with van der Waals surface area (Å²) < 4.78 is 0. The number of piperazine rings is 1. The van der Waals surface area contributed by atoms with Gasteiger partial charge >= 0.3 is 0 Å². The van der Waals surface area contributed by atoms with E-state index in [0.29, 0.717) is 6.54 Å². The van der Waals surface area contributed by atoms with Gasteiger partial charge in [0.25, 0.3) is 0 Å². The minimum atomic E-state index is -0.839. The van der Waals surface area contributed by atoms with Crippen molar-refractivity contribution in [3.8, 4) is 0 Å². The van der Waals surface area contributed by atoms with Crippen LogP contribution in [0.2, 0.25) is 0 Å². The van der Waals surface area contributed by atoms with Gasteiger partial charge in [0.1, 0.15) is 11.6 Å². The molecule has 2 rings (SSSR count). The summed E-state index contributed by atoms with van der Waals surface area (Å²) >= 11 is 0. The lowest BCUT2D eigenvalue weighted by Crippen LogP contribution is -2.70. The van der Waals surface area contributed by atoms with Gasteiger partial charge in [-0.05, 0) is 24.8 Å². The lowest BCUT2D eigenvalue weighted by Gasteiger charge is -2.47. The average Bonchev–Trinajstić information content (AvgIpc) is 2.39. The van der Waals surface area contributed by atoms with Gasteiger partial charge in [-0.25, -0.2) is 0 Å². The zero-order chi connectivity index (χ0) is 15.8. The number of amides is 2. The van der Waals surface area contributed by atoms with Gasteiger partial charge in [-0.1, -0.05) is 51.1 Å². The van der Waals surface area contributed by atoms with E-state index < -0.39 is 11.6 Å². The van der Waals surface area contributed by atoms with Gasteiger partial charge in [0.15, 0.2) is 0 Å². The Morgan fingerprint density at radius 1 is 1.14 bits per heavy atom. The van der Waals surface area contributed by atoms with Crippen molar-refractivity contribution < 1.29 is 9.59 Å². The third-order valence-electron chi connectivity index (χ3n) is 4.07. The van der Waals surface area contributed by atoms with Crippen molar-refractivity contribution in [3.05, 3.63) is 35.9 Å². The van der Waals surface area contributed by atoms with E-state index in [0.717, 1.165) is 5.56 Å². The SMILES string of the molecule is CC(C)(C)C1NC(=O)C(C)(C)N(Cc2ccccc2)C1=O. The summed E-state index contributed by atoms with van der Waals surface area (Å²) in [5.41, 5.74) is -0.117. The van der Waals surface area contributed by atoms with E-state index in [1.807, 2.05) is 51.1 Å². The summed E-state index contributed by atoms with van der Waals surface area (Å²) in [7, 11) is 0. The maximum atomic E-state index is 12.8. The molecule has 1 unspecified atom stereocenters. The molecule has 0 saturated carbocycles. The molecular formula is C17H24N2O2. The standard InChI is InChI=1S/C17H24N2O2/c1-16(2,3)13-14(20)19(17(4,5)15(21)18-13)11-12-9-7-6-8-10-12/h6-10,13H,11H2,1-5H3,(H,18,21). The van der Waals surface area contributed by atoms with Crippen LogP contribution in [0.1, 0.15) is 40.2 Å². The van der Waals surface area contributed by atoms with Crippen LogP contribution in [0.15, 0.2) is 30.3 Å². The first-order valence-corrected chi connectivity index (χ1v) is 7.30. The monoisotopic (exact) mass is 288 g/mol. The Kier molecular flexibility index (Phi) is 3.83. The molecule has 1 aliphatic rings. The van der Waals surface area contributed by atoms with Crippen LogP contribution in [0.4, 0.5) is 0 Å². The zero-order valence-corrected chi connectivity index (χ0v) is 13.4. The van der Waals surface area contributed by atoms with Crippen molar-refractivity contribution in [2.75, 3.05) is 0 Å². The second-order valence-corrected chi connectivity index (χ2v) is 7.24. The summed E-state index contributed by atoms with van der Waals surface area (Å²) in [6, 6.07) is 9.29. The molecule has 0 aromatic heterocycles. The maximum absolute atomic E-state index is 12.8. The molecule has 0 bridgehead atoms. The first-order valence-electron chi connectivity index (χ1n) is 7.30. The van der Waals surface area contributed by atoms with Crippen LogP contribution in [-0.2, 0) is 16.1 Å². The lowest BCUT2D eigenvalue weighted by atomic mass is 9.81. The number of nitrogens with zero attached hydrogens (tertiary/aromatic N) is 1. The topological polar surface area (TPSA) is 49.4 Å². The molecule has 2 amide bonds. The smallest absolute Gasteiger partial charge is 0.246 e. The molecule has 1 aromatic carbocycles. The summed E-state index contributed by atoms with van der Waals surface area (Å²) in [6.45, 7) is 9.94. The van der Waals surface area contributed by atoms with E-state index in [9.17, 15) is 9.59 Å². The number of hydrogen-bond donors (Lipinski definition) is 1. The van der Waals surface area contributed by atoms with Gasteiger partial charge in [0.2, 0.25) is 11.8 Å². The highest BCUT2D eigenvalue weighted by Gasteiger charge is 2.49. The van der Waals surface area contributed by atoms with Crippen molar-refractivity contribution in [1.29, 1.82) is 0 Å². The molecule has 1 saturated heterocycles. The number of carbonyl (C=O) groups is 2. The molecule has 1 aliphatic heterocycles. The van der Waals surface area contributed by atoms with Crippen molar-refractivity contribution in [2.45, 2.75) is 52.7 Å². The highest BCUT2D eigenvalue weighted by Crippen LogP contribution is 2.30. The molecule has 1 heterocycles. The van der Waals surface area contributed by atoms with E-state index in [1.165, 1.54) is 0 Å². The Morgan fingerprint density at radius 2 is 1.71 bits per heavy atom. The Balaban J connectivity index is 2.34. The number of rotatable bonds is 2. The van der Waals surface area contributed by atoms with Crippen LogP contribution in [0.5, 0.6) is 0 Å². The van der Waals surface area contributed by atoms with Crippen molar-refractivity contribution in [2.24, 2.45) is 5.41 Å². The molecule has 0 aliphatic carbocycles. The van der Waals surface area contributed by atoms with Gasteiger partial charge in [0, 0.05) is 6.54 Å². The first kappa shape index (κ1) is 15.5. The van der Waals surface area contributed by atoms with Crippen LogP contribution in [-0.4, -0.2) is 28.3 Å². The van der Waals surface area contributed by atoms with Gasteiger partial charge in [-0.15, -0.1) is 0 Å². The van der Waals surface area contributed by atoms with E-state index >= 15 is 0 Å². The quantitative estimate of drug-likeness (QED) is 0.908. The van der Waals surface area contributed by atoms with Crippen LogP contribution < -0.4 is 5.32 Å². The van der Waals surface area contributed by atoms with Gasteiger partial charge in [-0.2, -0.15) is 0 Å². The molecule has 1 aromatic rings. The number of nitrogens with one attached hydrogen (secondary N) is 1. The molecule has 0 radical (unpaired) electrons. The maximum Gasteiger partial charge on any atom is 0.246 e. The highest BCUT2D eigenvalue weighted by atomic mass is 16.2. The van der Waals surface area contributed by atoms with Crippen molar-refractivity contribution in [3.63, 3.8) is 0 Å². The fraction of sp³-hybridized carbons (Fsp3) is 0.529. The van der Waals surface area contributed by atoms with Crippen LogP contribution in [0, 0.1) is 5.41 Å². The molecular weight excluding hydrogens is 264 g/mol. The number of benzene rings is 1. The fourth-order valence-electron chi connectivity index (χ4n) is 2.55. The third kappa shape index (κ3) is 2.94. The molecule has 0 spiro atoms. The molecule has 4 heteroatoms. The second-order valence-electron chi connectivity index (χ2n) is 7.24. The Hall–Kier alpha value is -1.84. The Morgan fingerprint density at radius 3 is 2.24 bits per heavy atom. The molecule has 114 valence electrons. The normalized spacial score (nSPS) is 22.1. The summed E-state index contributed by atoms with van der Waals surface area (Å²) in [5, 5.41) is 2.88. The highest BCUT2D eigenvalue weighted by molar-refractivity contribution is 5.99. The van der Waals surface area contributed by atoms with E-state index in [-0.39, 0.29) is 17.2 Å². The number of carbonyl (C=O) groups excluding carboxylic acids is 2. The van der Waals surface area contributed by atoms with Gasteiger partial charge < -0.3 is 10.2 Å². The molecule has 4 nitrogen and oxygen atoms in total. The van der Waals surface area contributed by atoms with E-state index in [2.05, 4.69) is 5.32 Å². The largest absolute Gasteiger partial charge is 0.342 e. The fourth-order valence-corrected chi connectivity index (χ4v) is 2.55. The second kappa shape index (κ2) is 5.17. The van der Waals surface area contributed by atoms with Crippen LogP contribution in [0.25, 0.3) is 0 Å². The molecule has 1 N–H and O–H groups in total. The Labute approximate surface area is 126 Å². The molecule has 1 atom stereocenters. The third-order valence-corrected chi connectivity index (χ3v) is 4.07. The van der Waals surface area contributed by atoms with Crippen molar-refractivity contribution in [1.82, 2.24) is 10.2 Å². The predicted molar refractivity (Wildman–Crippen MR) is 82.5 cm³/mol. The molecule has 1 fully saturated rings.